The number of benzene rings is 1. The van der Waals surface area contributed by atoms with Gasteiger partial charge in [-0.3, -0.25) is 4.90 Å². The highest BCUT2D eigenvalue weighted by molar-refractivity contribution is 9.10. The van der Waals surface area contributed by atoms with Crippen LogP contribution in [0.15, 0.2) is 22.7 Å². The van der Waals surface area contributed by atoms with E-state index in [9.17, 15) is 0 Å². The Kier molecular flexibility index (Phi) is 5.10. The third-order valence-electron chi connectivity index (χ3n) is 4.03. The summed E-state index contributed by atoms with van der Waals surface area (Å²) >= 11 is 3.66. The second-order valence-corrected chi connectivity index (χ2v) is 7.04. The van der Waals surface area contributed by atoms with E-state index in [0.29, 0.717) is 6.04 Å². The summed E-state index contributed by atoms with van der Waals surface area (Å²) < 4.78 is 6.50. The van der Waals surface area contributed by atoms with Crippen molar-refractivity contribution in [2.24, 2.45) is 0 Å². The van der Waals surface area contributed by atoms with Crippen LogP contribution in [0.2, 0.25) is 0 Å². The minimum atomic E-state index is 0.178. The van der Waals surface area contributed by atoms with Gasteiger partial charge in [-0.05, 0) is 44.0 Å². The van der Waals surface area contributed by atoms with E-state index in [1.807, 2.05) is 6.07 Å². The highest BCUT2D eigenvalue weighted by atomic mass is 79.9. The van der Waals surface area contributed by atoms with Gasteiger partial charge in [-0.2, -0.15) is 0 Å². The Balaban J connectivity index is 2.17. The number of halogens is 1. The summed E-state index contributed by atoms with van der Waals surface area (Å²) in [5, 5.41) is 3.63. The molecule has 1 aromatic carbocycles. The van der Waals surface area contributed by atoms with E-state index in [1.165, 1.54) is 12.0 Å². The number of piperazine rings is 1. The molecule has 0 radical (unpaired) electrons. The maximum Gasteiger partial charge on any atom is 0.119 e. The SMILES string of the molecule is CCC1CNC(C)(C)CN1Cc1cc(OC)ccc1Br. The monoisotopic (exact) mass is 340 g/mol. The van der Waals surface area contributed by atoms with Crippen LogP contribution in [-0.2, 0) is 6.54 Å². The molecule has 3 nitrogen and oxygen atoms in total. The largest absolute Gasteiger partial charge is 0.497 e. The predicted molar refractivity (Wildman–Crippen MR) is 87.3 cm³/mol. The summed E-state index contributed by atoms with van der Waals surface area (Å²) in [6, 6.07) is 6.79. The first-order valence-electron chi connectivity index (χ1n) is 7.26. The first-order chi connectivity index (χ1) is 9.45. The number of hydrogen-bond acceptors (Lipinski definition) is 3. The van der Waals surface area contributed by atoms with E-state index in [2.05, 4.69) is 59.1 Å². The van der Waals surface area contributed by atoms with Gasteiger partial charge in [0, 0.05) is 35.7 Å². The van der Waals surface area contributed by atoms with E-state index in [0.717, 1.165) is 29.9 Å². The van der Waals surface area contributed by atoms with Crippen LogP contribution in [0.25, 0.3) is 0 Å². The third kappa shape index (κ3) is 3.74. The Bertz CT molecular complexity index is 462. The first-order valence-corrected chi connectivity index (χ1v) is 8.06. The minimum Gasteiger partial charge on any atom is -0.497 e. The molecule has 1 aliphatic rings. The van der Waals surface area contributed by atoms with Crippen LogP contribution in [0.5, 0.6) is 5.75 Å². The average Bonchev–Trinajstić information content (AvgIpc) is 2.41. The predicted octanol–water partition coefficient (Wildman–Crippen LogP) is 3.42. The third-order valence-corrected chi connectivity index (χ3v) is 4.80. The molecule has 0 spiro atoms. The van der Waals surface area contributed by atoms with Gasteiger partial charge < -0.3 is 10.1 Å². The molecule has 1 heterocycles. The summed E-state index contributed by atoms with van der Waals surface area (Å²) in [7, 11) is 1.72. The summed E-state index contributed by atoms with van der Waals surface area (Å²) in [6.07, 6.45) is 1.17. The molecule has 1 aromatic rings. The summed E-state index contributed by atoms with van der Waals surface area (Å²) in [5.74, 6) is 0.922. The maximum absolute atomic E-state index is 5.34. The first kappa shape index (κ1) is 15.8. The molecule has 1 aliphatic heterocycles. The molecular formula is C16H25BrN2O. The van der Waals surface area contributed by atoms with Gasteiger partial charge in [-0.15, -0.1) is 0 Å². The van der Waals surface area contributed by atoms with Gasteiger partial charge in [0.2, 0.25) is 0 Å². The molecule has 1 atom stereocenters. The van der Waals surface area contributed by atoms with Crippen LogP contribution in [0.3, 0.4) is 0 Å². The molecule has 1 unspecified atom stereocenters. The zero-order chi connectivity index (χ0) is 14.8. The molecule has 1 fully saturated rings. The smallest absolute Gasteiger partial charge is 0.119 e. The second-order valence-electron chi connectivity index (χ2n) is 6.19. The highest BCUT2D eigenvalue weighted by Gasteiger charge is 2.31. The Morgan fingerprint density at radius 3 is 2.85 bits per heavy atom. The highest BCUT2D eigenvalue weighted by Crippen LogP contribution is 2.26. The van der Waals surface area contributed by atoms with Crippen molar-refractivity contribution in [3.8, 4) is 5.75 Å². The Labute approximate surface area is 130 Å². The maximum atomic E-state index is 5.34. The quantitative estimate of drug-likeness (QED) is 0.908. The summed E-state index contributed by atoms with van der Waals surface area (Å²) in [4.78, 5) is 2.58. The fraction of sp³-hybridized carbons (Fsp3) is 0.625. The number of hydrogen-bond donors (Lipinski definition) is 1. The van der Waals surface area contributed by atoms with Gasteiger partial charge in [0.25, 0.3) is 0 Å². The summed E-state index contributed by atoms with van der Waals surface area (Å²) in [5.41, 5.74) is 1.47. The molecule has 0 bridgehead atoms. The van der Waals surface area contributed by atoms with Gasteiger partial charge in [0.15, 0.2) is 0 Å². The van der Waals surface area contributed by atoms with Crippen molar-refractivity contribution >= 4 is 15.9 Å². The fourth-order valence-electron chi connectivity index (χ4n) is 2.82. The molecule has 4 heteroatoms. The van der Waals surface area contributed by atoms with Crippen LogP contribution in [0, 0.1) is 0 Å². The summed E-state index contributed by atoms with van der Waals surface area (Å²) in [6.45, 7) is 9.89. The van der Waals surface area contributed by atoms with Crippen molar-refractivity contribution in [3.05, 3.63) is 28.2 Å². The minimum absolute atomic E-state index is 0.178. The Morgan fingerprint density at radius 2 is 2.20 bits per heavy atom. The zero-order valence-electron chi connectivity index (χ0n) is 12.9. The molecule has 0 amide bonds. The standard InChI is InChI=1S/C16H25BrN2O/c1-5-13-9-18-16(2,3)11-19(13)10-12-8-14(20-4)6-7-15(12)17/h6-8,13,18H,5,9-11H2,1-4H3. The lowest BCUT2D eigenvalue weighted by atomic mass is 9.97. The van der Waals surface area contributed by atoms with Crippen LogP contribution in [0.1, 0.15) is 32.8 Å². The molecule has 1 N–H and O–H groups in total. The van der Waals surface area contributed by atoms with E-state index in [4.69, 9.17) is 4.74 Å². The molecule has 0 aromatic heterocycles. The second kappa shape index (κ2) is 6.46. The average molecular weight is 341 g/mol. The van der Waals surface area contributed by atoms with Crippen molar-refractivity contribution in [1.29, 1.82) is 0 Å². The number of ether oxygens (including phenoxy) is 1. The van der Waals surface area contributed by atoms with Gasteiger partial charge in [-0.1, -0.05) is 22.9 Å². The van der Waals surface area contributed by atoms with E-state index in [-0.39, 0.29) is 5.54 Å². The molecule has 1 saturated heterocycles. The molecule has 20 heavy (non-hydrogen) atoms. The normalized spacial score (nSPS) is 22.8. The lowest BCUT2D eigenvalue weighted by molar-refractivity contribution is 0.0856. The van der Waals surface area contributed by atoms with Crippen molar-refractivity contribution in [2.75, 3.05) is 20.2 Å². The van der Waals surface area contributed by atoms with Crippen molar-refractivity contribution in [3.63, 3.8) is 0 Å². The molecule has 112 valence electrons. The Morgan fingerprint density at radius 1 is 1.45 bits per heavy atom. The van der Waals surface area contributed by atoms with E-state index < -0.39 is 0 Å². The zero-order valence-corrected chi connectivity index (χ0v) is 14.5. The van der Waals surface area contributed by atoms with Crippen LogP contribution < -0.4 is 10.1 Å². The van der Waals surface area contributed by atoms with Gasteiger partial charge in [0.1, 0.15) is 5.75 Å². The molecular weight excluding hydrogens is 316 g/mol. The van der Waals surface area contributed by atoms with Crippen molar-refractivity contribution < 1.29 is 4.74 Å². The fourth-order valence-corrected chi connectivity index (χ4v) is 3.19. The van der Waals surface area contributed by atoms with Crippen molar-refractivity contribution in [1.82, 2.24) is 10.2 Å². The number of nitrogens with one attached hydrogen (secondary N) is 1. The van der Waals surface area contributed by atoms with Gasteiger partial charge in [0.05, 0.1) is 7.11 Å². The molecule has 0 saturated carbocycles. The lowest BCUT2D eigenvalue weighted by Crippen LogP contribution is -2.61. The van der Waals surface area contributed by atoms with Gasteiger partial charge in [-0.25, -0.2) is 0 Å². The lowest BCUT2D eigenvalue weighted by Gasteiger charge is -2.44. The van der Waals surface area contributed by atoms with Crippen LogP contribution >= 0.6 is 15.9 Å². The van der Waals surface area contributed by atoms with E-state index >= 15 is 0 Å². The number of nitrogens with zero attached hydrogens (tertiary/aromatic N) is 1. The van der Waals surface area contributed by atoms with Crippen LogP contribution in [-0.4, -0.2) is 36.7 Å². The number of methoxy groups -OCH3 is 1. The topological polar surface area (TPSA) is 24.5 Å². The molecule has 2 rings (SSSR count). The number of rotatable bonds is 4. The van der Waals surface area contributed by atoms with Gasteiger partial charge >= 0.3 is 0 Å². The van der Waals surface area contributed by atoms with Crippen molar-refractivity contribution in [2.45, 2.75) is 45.3 Å². The molecule has 0 aliphatic carbocycles. The van der Waals surface area contributed by atoms with E-state index in [1.54, 1.807) is 7.11 Å². The van der Waals surface area contributed by atoms with Crippen LogP contribution in [0.4, 0.5) is 0 Å². The Hall–Kier alpha value is -0.580.